The van der Waals surface area contributed by atoms with Crippen LogP contribution in [-0.4, -0.2) is 46.3 Å². The molecule has 4 rings (SSSR count). The zero-order valence-corrected chi connectivity index (χ0v) is 18.7. The molecule has 1 fully saturated rings. The van der Waals surface area contributed by atoms with Gasteiger partial charge in [0.15, 0.2) is 0 Å². The highest BCUT2D eigenvalue weighted by molar-refractivity contribution is 6.07. The average Bonchev–Trinajstić information content (AvgIpc) is 3.35. The van der Waals surface area contributed by atoms with Crippen LogP contribution in [0.2, 0.25) is 0 Å². The molecular weight excluding hydrogens is 481 g/mol. The number of pyridine rings is 1. The van der Waals surface area contributed by atoms with Gasteiger partial charge in [-0.1, -0.05) is 0 Å². The Kier molecular flexibility index (Phi) is 7.59. The second kappa shape index (κ2) is 11.0. The summed E-state index contributed by atoms with van der Waals surface area (Å²) < 4.78 is 50.7. The third kappa shape index (κ3) is 6.66. The van der Waals surface area contributed by atoms with Gasteiger partial charge in [0, 0.05) is 30.2 Å². The number of nitrogens with one attached hydrogen (secondary N) is 3. The topological polar surface area (TPSA) is 127 Å². The summed E-state index contributed by atoms with van der Waals surface area (Å²) in [7, 11) is 0. The Hall–Kier alpha value is -4.26. The molecule has 0 aliphatic carbocycles. The molecular formula is C23H21F3N6O4. The molecule has 0 saturated carbocycles. The molecule has 0 bridgehead atoms. The maximum absolute atomic E-state index is 13.5. The van der Waals surface area contributed by atoms with Crippen LogP contribution < -0.4 is 16.0 Å². The van der Waals surface area contributed by atoms with E-state index in [4.69, 9.17) is 9.47 Å². The molecule has 36 heavy (non-hydrogen) atoms. The second-order valence-electron chi connectivity index (χ2n) is 7.72. The highest BCUT2D eigenvalue weighted by atomic mass is 19.4. The molecule has 1 saturated heterocycles. The fraction of sp³-hybridized carbons (Fsp3) is 0.261. The number of anilines is 3. The van der Waals surface area contributed by atoms with Gasteiger partial charge in [0.2, 0.25) is 0 Å². The Morgan fingerprint density at radius 1 is 1.08 bits per heavy atom. The highest BCUT2D eigenvalue weighted by Gasteiger charge is 2.32. The van der Waals surface area contributed by atoms with Crippen LogP contribution in [0, 0.1) is 0 Å². The number of aromatic nitrogens is 3. The largest absolute Gasteiger partial charge is 0.443 e. The van der Waals surface area contributed by atoms with Gasteiger partial charge in [-0.25, -0.2) is 19.7 Å². The van der Waals surface area contributed by atoms with E-state index < -0.39 is 29.8 Å². The zero-order chi connectivity index (χ0) is 25.5. The quantitative estimate of drug-likeness (QED) is 0.441. The summed E-state index contributed by atoms with van der Waals surface area (Å²) in [6.45, 7) is 0.892. The fourth-order valence-corrected chi connectivity index (χ4v) is 3.36. The molecule has 188 valence electrons. The number of ether oxygens (including phenoxy) is 2. The van der Waals surface area contributed by atoms with Gasteiger partial charge in [0.05, 0.1) is 36.6 Å². The highest BCUT2D eigenvalue weighted by Crippen LogP contribution is 2.34. The van der Waals surface area contributed by atoms with Crippen LogP contribution >= 0.6 is 0 Å². The van der Waals surface area contributed by atoms with Crippen LogP contribution in [0.5, 0.6) is 0 Å². The number of rotatable bonds is 7. The molecule has 0 spiro atoms. The SMILES string of the molecule is O=C(Nc1cc(NC(=O)c2cccnc2NCc2ccncn2)cc(C(F)(F)F)c1)O[C@H]1CCOC1. The maximum atomic E-state index is 13.5. The van der Waals surface area contributed by atoms with E-state index in [0.717, 1.165) is 12.1 Å². The molecule has 1 atom stereocenters. The van der Waals surface area contributed by atoms with Crippen molar-refractivity contribution in [3.05, 3.63) is 71.9 Å². The Morgan fingerprint density at radius 3 is 2.58 bits per heavy atom. The van der Waals surface area contributed by atoms with Gasteiger partial charge >= 0.3 is 12.3 Å². The van der Waals surface area contributed by atoms with Crippen molar-refractivity contribution >= 4 is 29.2 Å². The number of benzene rings is 1. The van der Waals surface area contributed by atoms with E-state index in [1.54, 1.807) is 12.3 Å². The number of alkyl halides is 3. The van der Waals surface area contributed by atoms with Crippen molar-refractivity contribution in [1.82, 2.24) is 15.0 Å². The van der Waals surface area contributed by atoms with E-state index in [0.29, 0.717) is 18.7 Å². The molecule has 1 aromatic carbocycles. The first-order chi connectivity index (χ1) is 17.3. The van der Waals surface area contributed by atoms with E-state index >= 15 is 0 Å². The lowest BCUT2D eigenvalue weighted by molar-refractivity contribution is -0.137. The summed E-state index contributed by atoms with van der Waals surface area (Å²) >= 11 is 0. The molecule has 2 aromatic heterocycles. The summed E-state index contributed by atoms with van der Waals surface area (Å²) in [5.74, 6) is -0.495. The smallest absolute Gasteiger partial charge is 0.416 e. The van der Waals surface area contributed by atoms with Crippen LogP contribution in [0.1, 0.15) is 28.0 Å². The molecule has 10 nitrogen and oxygen atoms in total. The van der Waals surface area contributed by atoms with Crippen LogP contribution in [0.3, 0.4) is 0 Å². The van der Waals surface area contributed by atoms with Gasteiger partial charge < -0.3 is 20.1 Å². The number of nitrogens with zero attached hydrogens (tertiary/aromatic N) is 3. The van der Waals surface area contributed by atoms with E-state index in [1.165, 1.54) is 30.7 Å². The number of halogens is 3. The number of hydrogen-bond donors (Lipinski definition) is 3. The Morgan fingerprint density at radius 2 is 1.89 bits per heavy atom. The van der Waals surface area contributed by atoms with Crippen LogP contribution in [0.15, 0.2) is 55.1 Å². The van der Waals surface area contributed by atoms with Crippen molar-refractivity contribution in [2.24, 2.45) is 0 Å². The van der Waals surface area contributed by atoms with Crippen LogP contribution in [-0.2, 0) is 22.2 Å². The Balaban J connectivity index is 1.51. The second-order valence-corrected chi connectivity index (χ2v) is 7.72. The minimum absolute atomic E-state index is 0.0964. The minimum atomic E-state index is -4.72. The molecule has 2 amide bonds. The van der Waals surface area contributed by atoms with Crippen molar-refractivity contribution in [3.63, 3.8) is 0 Å². The van der Waals surface area contributed by atoms with Gasteiger partial charge in [-0.15, -0.1) is 0 Å². The van der Waals surface area contributed by atoms with E-state index in [1.807, 2.05) is 0 Å². The number of carbonyl (C=O) groups is 2. The van der Waals surface area contributed by atoms with Crippen LogP contribution in [0.4, 0.5) is 35.2 Å². The third-order valence-electron chi connectivity index (χ3n) is 5.06. The van der Waals surface area contributed by atoms with Gasteiger partial charge in [0.1, 0.15) is 18.2 Å². The molecule has 1 aliphatic heterocycles. The van der Waals surface area contributed by atoms with Crippen molar-refractivity contribution in [3.8, 4) is 0 Å². The van der Waals surface area contributed by atoms with Crippen LogP contribution in [0.25, 0.3) is 0 Å². The van der Waals surface area contributed by atoms with Crippen molar-refractivity contribution < 1.29 is 32.2 Å². The maximum Gasteiger partial charge on any atom is 0.416 e. The first-order valence-corrected chi connectivity index (χ1v) is 10.8. The Labute approximate surface area is 203 Å². The summed E-state index contributed by atoms with van der Waals surface area (Å²) in [6, 6.07) is 7.39. The average molecular weight is 502 g/mol. The summed E-state index contributed by atoms with van der Waals surface area (Å²) in [4.78, 5) is 37.1. The van der Waals surface area contributed by atoms with Crippen molar-refractivity contribution in [1.29, 1.82) is 0 Å². The number of carbonyl (C=O) groups excluding carboxylic acids is 2. The third-order valence-corrected chi connectivity index (χ3v) is 5.06. The number of amides is 2. The molecule has 0 unspecified atom stereocenters. The Bertz CT molecular complexity index is 1220. The lowest BCUT2D eigenvalue weighted by Gasteiger charge is -2.16. The zero-order valence-electron chi connectivity index (χ0n) is 18.7. The van der Waals surface area contributed by atoms with Crippen molar-refractivity contribution in [2.45, 2.75) is 25.2 Å². The van der Waals surface area contributed by atoms with E-state index in [-0.39, 0.29) is 35.9 Å². The summed E-state index contributed by atoms with van der Waals surface area (Å²) in [5.41, 5.74) is -0.698. The molecule has 3 aromatic rings. The first kappa shape index (κ1) is 24.9. The normalized spacial score (nSPS) is 15.2. The number of hydrogen-bond acceptors (Lipinski definition) is 8. The predicted octanol–water partition coefficient (Wildman–Crippen LogP) is 4.09. The van der Waals surface area contributed by atoms with Gasteiger partial charge in [-0.3, -0.25) is 10.1 Å². The van der Waals surface area contributed by atoms with Crippen molar-refractivity contribution in [2.75, 3.05) is 29.2 Å². The van der Waals surface area contributed by atoms with E-state index in [2.05, 4.69) is 30.9 Å². The summed E-state index contributed by atoms with van der Waals surface area (Å²) in [6.07, 6.45) is -1.23. The van der Waals surface area contributed by atoms with Gasteiger partial charge in [0.25, 0.3) is 5.91 Å². The van der Waals surface area contributed by atoms with Gasteiger partial charge in [-0.05, 0) is 36.4 Å². The fourth-order valence-electron chi connectivity index (χ4n) is 3.36. The molecule has 0 radical (unpaired) electrons. The minimum Gasteiger partial charge on any atom is -0.443 e. The molecule has 3 N–H and O–H groups in total. The summed E-state index contributed by atoms with van der Waals surface area (Å²) in [5, 5.41) is 7.70. The standard InChI is InChI=1S/C23H21F3N6O4/c24-23(25,26)14-8-16(10-17(9-14)32-22(34)36-18-4-7-35-12-18)31-21(33)19-2-1-5-28-20(19)29-11-15-3-6-27-13-30-15/h1-3,5-6,8-10,13,18H,4,7,11-12H2,(H,28,29)(H,31,33)(H,32,34)/t18-/m0/s1. The lowest BCUT2D eigenvalue weighted by Crippen LogP contribution is -2.23. The van der Waals surface area contributed by atoms with E-state index in [9.17, 15) is 22.8 Å². The monoisotopic (exact) mass is 502 g/mol. The first-order valence-electron chi connectivity index (χ1n) is 10.8. The molecule has 1 aliphatic rings. The molecule has 13 heteroatoms. The lowest BCUT2D eigenvalue weighted by atomic mass is 10.1. The van der Waals surface area contributed by atoms with Gasteiger partial charge in [-0.2, -0.15) is 13.2 Å². The predicted molar refractivity (Wildman–Crippen MR) is 122 cm³/mol. The molecule has 3 heterocycles.